The Bertz CT molecular complexity index is 430. The van der Waals surface area contributed by atoms with Crippen molar-refractivity contribution in [3.8, 4) is 0 Å². The second-order valence-corrected chi connectivity index (χ2v) is 5.29. The summed E-state index contributed by atoms with van der Waals surface area (Å²) in [5.74, 6) is -0.367. The highest BCUT2D eigenvalue weighted by Gasteiger charge is 2.29. The van der Waals surface area contributed by atoms with E-state index < -0.39 is 5.97 Å². The fourth-order valence-corrected chi connectivity index (χ4v) is 2.53. The molecule has 0 bridgehead atoms. The van der Waals surface area contributed by atoms with Crippen LogP contribution in [0.5, 0.6) is 0 Å². The number of benzene rings is 1. The Kier molecular flexibility index (Phi) is 3.90. The lowest BCUT2D eigenvalue weighted by atomic mass is 9.91. The molecule has 0 amide bonds. The van der Waals surface area contributed by atoms with Gasteiger partial charge in [0.2, 0.25) is 0 Å². The molecule has 1 aromatic carbocycles. The number of carboxylic acids is 1. The molecule has 1 N–H and O–H groups in total. The Hall–Kier alpha value is -1.51. The first-order valence-electron chi connectivity index (χ1n) is 6.67. The molecule has 1 aliphatic rings. The fraction of sp³-hybridized carbons (Fsp3) is 0.533. The minimum absolute atomic E-state index is 0.274. The van der Waals surface area contributed by atoms with Crippen molar-refractivity contribution in [2.24, 2.45) is 11.8 Å². The summed E-state index contributed by atoms with van der Waals surface area (Å²) >= 11 is 0. The van der Waals surface area contributed by atoms with Crippen molar-refractivity contribution in [2.45, 2.75) is 26.7 Å². The standard InChI is InChI=1S/C15H21NO2/c1-3-11(2)9-16-10-13(15(17)18)8-12-6-4-5-7-14(12)16/h4-7,11,13H,3,8-10H2,1-2H3,(H,17,18). The van der Waals surface area contributed by atoms with E-state index in [0.717, 1.165) is 13.0 Å². The number of hydrogen-bond acceptors (Lipinski definition) is 2. The Balaban J connectivity index is 2.24. The first-order chi connectivity index (χ1) is 8.61. The maximum absolute atomic E-state index is 11.2. The highest BCUT2D eigenvalue weighted by atomic mass is 16.4. The quantitative estimate of drug-likeness (QED) is 0.889. The largest absolute Gasteiger partial charge is 0.481 e. The highest BCUT2D eigenvalue weighted by Crippen LogP contribution is 2.30. The number of anilines is 1. The van der Waals surface area contributed by atoms with E-state index >= 15 is 0 Å². The third kappa shape index (κ3) is 2.66. The molecule has 0 radical (unpaired) electrons. The number of para-hydroxylation sites is 1. The van der Waals surface area contributed by atoms with Gasteiger partial charge in [0, 0.05) is 18.8 Å². The van der Waals surface area contributed by atoms with E-state index in [9.17, 15) is 9.90 Å². The van der Waals surface area contributed by atoms with Gasteiger partial charge in [-0.25, -0.2) is 0 Å². The average molecular weight is 247 g/mol. The predicted octanol–water partition coefficient (Wildman–Crippen LogP) is 2.80. The molecule has 1 aromatic rings. The summed E-state index contributed by atoms with van der Waals surface area (Å²) in [7, 11) is 0. The Morgan fingerprint density at radius 2 is 2.22 bits per heavy atom. The van der Waals surface area contributed by atoms with E-state index in [0.29, 0.717) is 18.9 Å². The van der Waals surface area contributed by atoms with Crippen LogP contribution in [-0.2, 0) is 11.2 Å². The molecule has 0 saturated carbocycles. The van der Waals surface area contributed by atoms with Gasteiger partial charge in [-0.2, -0.15) is 0 Å². The van der Waals surface area contributed by atoms with Gasteiger partial charge in [0.1, 0.15) is 0 Å². The first kappa shape index (κ1) is 12.9. The monoisotopic (exact) mass is 247 g/mol. The minimum atomic E-state index is -0.682. The summed E-state index contributed by atoms with van der Waals surface area (Å²) in [6.45, 7) is 5.97. The summed E-state index contributed by atoms with van der Waals surface area (Å²) in [4.78, 5) is 13.5. The van der Waals surface area contributed by atoms with Crippen molar-refractivity contribution in [2.75, 3.05) is 18.0 Å². The second kappa shape index (κ2) is 5.42. The number of carboxylic acid groups (broad SMARTS) is 1. The molecule has 98 valence electrons. The van der Waals surface area contributed by atoms with Gasteiger partial charge in [0.05, 0.1) is 5.92 Å². The molecular weight excluding hydrogens is 226 g/mol. The normalized spacial score (nSPS) is 20.3. The average Bonchev–Trinajstić information content (AvgIpc) is 2.38. The van der Waals surface area contributed by atoms with Crippen LogP contribution >= 0.6 is 0 Å². The van der Waals surface area contributed by atoms with Gasteiger partial charge < -0.3 is 10.0 Å². The Labute approximate surface area is 108 Å². The first-order valence-corrected chi connectivity index (χ1v) is 6.67. The van der Waals surface area contributed by atoms with Crippen molar-refractivity contribution in [3.63, 3.8) is 0 Å². The molecule has 0 aromatic heterocycles. The van der Waals surface area contributed by atoms with Crippen molar-refractivity contribution in [1.29, 1.82) is 0 Å². The number of nitrogens with zero attached hydrogens (tertiary/aromatic N) is 1. The van der Waals surface area contributed by atoms with E-state index in [-0.39, 0.29) is 5.92 Å². The SMILES string of the molecule is CCC(C)CN1CC(C(=O)O)Cc2ccccc21. The van der Waals surface area contributed by atoms with Gasteiger partial charge in [-0.05, 0) is 24.0 Å². The van der Waals surface area contributed by atoms with Gasteiger partial charge in [0.25, 0.3) is 0 Å². The lowest BCUT2D eigenvalue weighted by Gasteiger charge is -2.36. The van der Waals surface area contributed by atoms with Crippen molar-refractivity contribution in [1.82, 2.24) is 0 Å². The Morgan fingerprint density at radius 1 is 1.50 bits per heavy atom. The van der Waals surface area contributed by atoms with E-state index in [2.05, 4.69) is 24.8 Å². The molecule has 0 aliphatic carbocycles. The van der Waals surface area contributed by atoms with E-state index in [1.54, 1.807) is 0 Å². The zero-order valence-corrected chi connectivity index (χ0v) is 11.1. The molecule has 1 aliphatic heterocycles. The zero-order valence-electron chi connectivity index (χ0n) is 11.1. The van der Waals surface area contributed by atoms with Crippen LogP contribution in [0.15, 0.2) is 24.3 Å². The van der Waals surface area contributed by atoms with Gasteiger partial charge in [0.15, 0.2) is 0 Å². The third-order valence-electron chi connectivity index (χ3n) is 3.82. The lowest BCUT2D eigenvalue weighted by molar-refractivity contribution is -0.141. The smallest absolute Gasteiger partial charge is 0.308 e. The fourth-order valence-electron chi connectivity index (χ4n) is 2.53. The second-order valence-electron chi connectivity index (χ2n) is 5.29. The molecule has 2 rings (SSSR count). The molecule has 1 heterocycles. The molecule has 3 heteroatoms. The van der Waals surface area contributed by atoms with Crippen LogP contribution in [0.25, 0.3) is 0 Å². The summed E-state index contributed by atoms with van der Waals surface area (Å²) in [6.07, 6.45) is 1.78. The zero-order chi connectivity index (χ0) is 13.1. The van der Waals surface area contributed by atoms with Gasteiger partial charge in [-0.15, -0.1) is 0 Å². The Morgan fingerprint density at radius 3 is 2.89 bits per heavy atom. The molecule has 0 saturated heterocycles. The van der Waals surface area contributed by atoms with E-state index in [1.807, 2.05) is 18.2 Å². The van der Waals surface area contributed by atoms with Gasteiger partial charge >= 0.3 is 5.97 Å². The van der Waals surface area contributed by atoms with Crippen LogP contribution in [0.4, 0.5) is 5.69 Å². The third-order valence-corrected chi connectivity index (χ3v) is 3.82. The highest BCUT2D eigenvalue weighted by molar-refractivity contribution is 5.73. The van der Waals surface area contributed by atoms with Crippen LogP contribution in [0, 0.1) is 11.8 Å². The van der Waals surface area contributed by atoms with E-state index in [4.69, 9.17) is 0 Å². The maximum Gasteiger partial charge on any atom is 0.308 e. The number of hydrogen-bond donors (Lipinski definition) is 1. The number of aliphatic carboxylic acids is 1. The molecule has 2 unspecified atom stereocenters. The van der Waals surface area contributed by atoms with Crippen LogP contribution < -0.4 is 4.90 Å². The van der Waals surface area contributed by atoms with Crippen LogP contribution in [0.3, 0.4) is 0 Å². The lowest BCUT2D eigenvalue weighted by Crippen LogP contribution is -2.41. The van der Waals surface area contributed by atoms with Crippen molar-refractivity contribution >= 4 is 11.7 Å². The molecular formula is C15H21NO2. The predicted molar refractivity (Wildman–Crippen MR) is 72.9 cm³/mol. The molecule has 0 spiro atoms. The van der Waals surface area contributed by atoms with Gasteiger partial charge in [-0.1, -0.05) is 38.5 Å². The number of fused-ring (bicyclic) bond motifs is 1. The minimum Gasteiger partial charge on any atom is -0.481 e. The molecule has 2 atom stereocenters. The summed E-state index contributed by atoms with van der Waals surface area (Å²) < 4.78 is 0. The molecule has 18 heavy (non-hydrogen) atoms. The topological polar surface area (TPSA) is 40.5 Å². The van der Waals surface area contributed by atoms with E-state index in [1.165, 1.54) is 11.3 Å². The summed E-state index contributed by atoms with van der Waals surface area (Å²) in [6, 6.07) is 8.18. The molecule has 0 fully saturated rings. The maximum atomic E-state index is 11.2. The summed E-state index contributed by atoms with van der Waals surface area (Å²) in [5.41, 5.74) is 2.38. The summed E-state index contributed by atoms with van der Waals surface area (Å²) in [5, 5.41) is 9.25. The van der Waals surface area contributed by atoms with Crippen LogP contribution in [0.1, 0.15) is 25.8 Å². The van der Waals surface area contributed by atoms with Crippen molar-refractivity contribution < 1.29 is 9.90 Å². The molecule has 3 nitrogen and oxygen atoms in total. The van der Waals surface area contributed by atoms with Gasteiger partial charge in [-0.3, -0.25) is 4.79 Å². The van der Waals surface area contributed by atoms with Crippen LogP contribution in [0.2, 0.25) is 0 Å². The van der Waals surface area contributed by atoms with Crippen molar-refractivity contribution in [3.05, 3.63) is 29.8 Å². The number of rotatable bonds is 4. The number of carbonyl (C=O) groups is 1. The van der Waals surface area contributed by atoms with Crippen LogP contribution in [-0.4, -0.2) is 24.2 Å².